The molecule has 0 saturated heterocycles. The third-order valence-electron chi connectivity index (χ3n) is 2.45. The molecule has 2 rings (SSSR count). The van der Waals surface area contributed by atoms with E-state index in [4.69, 9.17) is 5.11 Å². The lowest BCUT2D eigenvalue weighted by atomic mass is 10.1. The fourth-order valence-electron chi connectivity index (χ4n) is 1.49. The Morgan fingerprint density at radius 3 is 2.37 bits per heavy atom. The largest absolute Gasteiger partial charge is 0.481 e. The van der Waals surface area contributed by atoms with Crippen LogP contribution in [0.25, 0.3) is 11.1 Å². The molecule has 0 radical (unpaired) electrons. The number of hydrogen-bond donors (Lipinski definition) is 2. The highest BCUT2D eigenvalue weighted by Gasteiger charge is 2.02. The van der Waals surface area contributed by atoms with Crippen LogP contribution in [0.1, 0.15) is 6.42 Å². The number of carboxylic acids is 1. The summed E-state index contributed by atoms with van der Waals surface area (Å²) in [5, 5.41) is 11.3. The lowest BCUT2D eigenvalue weighted by molar-refractivity contribution is -0.136. The summed E-state index contributed by atoms with van der Waals surface area (Å²) in [7, 11) is 0. The van der Waals surface area contributed by atoms with Gasteiger partial charge in [-0.25, -0.2) is 14.4 Å². The van der Waals surface area contributed by atoms with Gasteiger partial charge in [0.05, 0.1) is 6.42 Å². The van der Waals surface area contributed by atoms with Crippen molar-refractivity contribution in [3.8, 4) is 11.1 Å². The van der Waals surface area contributed by atoms with Crippen LogP contribution in [0.4, 0.5) is 10.3 Å². The number of hydrogen-bond acceptors (Lipinski definition) is 4. The van der Waals surface area contributed by atoms with E-state index in [-0.39, 0.29) is 18.8 Å². The first kappa shape index (κ1) is 12.9. The topological polar surface area (TPSA) is 75.1 Å². The standard InChI is InChI=1S/C13H12FN3O2/c14-11-3-1-9(2-4-11)10-7-16-13(17-8-10)15-6-5-12(18)19/h1-4,7-8H,5-6H2,(H,18,19)(H,15,16,17). The van der Waals surface area contributed by atoms with Crippen LogP contribution in [-0.2, 0) is 4.79 Å². The second-order valence-electron chi connectivity index (χ2n) is 3.87. The van der Waals surface area contributed by atoms with Crippen LogP contribution in [0.15, 0.2) is 36.7 Å². The van der Waals surface area contributed by atoms with Gasteiger partial charge in [0, 0.05) is 24.5 Å². The minimum Gasteiger partial charge on any atom is -0.481 e. The van der Waals surface area contributed by atoms with Crippen molar-refractivity contribution in [3.63, 3.8) is 0 Å². The van der Waals surface area contributed by atoms with E-state index in [0.717, 1.165) is 11.1 Å². The molecule has 0 spiro atoms. The predicted octanol–water partition coefficient (Wildman–Crippen LogP) is 2.17. The monoisotopic (exact) mass is 261 g/mol. The first-order valence-corrected chi connectivity index (χ1v) is 5.69. The van der Waals surface area contributed by atoms with Gasteiger partial charge in [0.25, 0.3) is 0 Å². The fourth-order valence-corrected chi connectivity index (χ4v) is 1.49. The molecule has 5 nitrogen and oxygen atoms in total. The number of aromatic nitrogens is 2. The molecule has 0 amide bonds. The van der Waals surface area contributed by atoms with Crippen LogP contribution in [0, 0.1) is 5.82 Å². The number of carbonyl (C=O) groups is 1. The minimum absolute atomic E-state index is 0.00305. The van der Waals surface area contributed by atoms with Crippen LogP contribution in [-0.4, -0.2) is 27.6 Å². The summed E-state index contributed by atoms with van der Waals surface area (Å²) >= 11 is 0. The van der Waals surface area contributed by atoms with Crippen molar-refractivity contribution in [1.29, 1.82) is 0 Å². The molecule has 0 unspecified atom stereocenters. The molecule has 0 aliphatic carbocycles. The van der Waals surface area contributed by atoms with Gasteiger partial charge in [-0.3, -0.25) is 4.79 Å². The smallest absolute Gasteiger partial charge is 0.305 e. The highest BCUT2D eigenvalue weighted by molar-refractivity contribution is 5.67. The lowest BCUT2D eigenvalue weighted by Gasteiger charge is -2.04. The van der Waals surface area contributed by atoms with Crippen molar-refractivity contribution >= 4 is 11.9 Å². The fraction of sp³-hybridized carbons (Fsp3) is 0.154. The van der Waals surface area contributed by atoms with E-state index in [9.17, 15) is 9.18 Å². The zero-order valence-electron chi connectivity index (χ0n) is 10.0. The number of nitrogens with one attached hydrogen (secondary N) is 1. The maximum atomic E-state index is 12.8. The second-order valence-corrected chi connectivity index (χ2v) is 3.87. The van der Waals surface area contributed by atoms with Crippen molar-refractivity contribution in [2.75, 3.05) is 11.9 Å². The summed E-state index contributed by atoms with van der Waals surface area (Å²) in [6.45, 7) is 0.269. The van der Waals surface area contributed by atoms with Crippen molar-refractivity contribution in [2.24, 2.45) is 0 Å². The number of anilines is 1. The molecule has 0 aliphatic rings. The molecule has 19 heavy (non-hydrogen) atoms. The molecule has 0 aliphatic heterocycles. The lowest BCUT2D eigenvalue weighted by Crippen LogP contribution is -2.09. The van der Waals surface area contributed by atoms with Gasteiger partial charge in [-0.05, 0) is 17.7 Å². The predicted molar refractivity (Wildman–Crippen MR) is 68.2 cm³/mol. The molecule has 0 atom stereocenters. The summed E-state index contributed by atoms with van der Waals surface area (Å²) < 4.78 is 12.8. The van der Waals surface area contributed by atoms with E-state index in [1.165, 1.54) is 12.1 Å². The van der Waals surface area contributed by atoms with Gasteiger partial charge in [0.1, 0.15) is 5.82 Å². The summed E-state index contributed by atoms with van der Waals surface area (Å²) in [4.78, 5) is 18.5. The molecular weight excluding hydrogens is 249 g/mol. The number of aliphatic carboxylic acids is 1. The maximum Gasteiger partial charge on any atom is 0.305 e. The van der Waals surface area contributed by atoms with Gasteiger partial charge in [-0.1, -0.05) is 12.1 Å². The first-order valence-electron chi connectivity index (χ1n) is 5.69. The quantitative estimate of drug-likeness (QED) is 0.862. The van der Waals surface area contributed by atoms with Gasteiger partial charge >= 0.3 is 5.97 Å². The van der Waals surface area contributed by atoms with Crippen molar-refractivity contribution in [3.05, 3.63) is 42.5 Å². The normalized spacial score (nSPS) is 10.2. The summed E-state index contributed by atoms with van der Waals surface area (Å²) in [6, 6.07) is 6.03. The Morgan fingerprint density at radius 2 is 1.79 bits per heavy atom. The molecule has 2 aromatic rings. The molecular formula is C13H12FN3O2. The van der Waals surface area contributed by atoms with Gasteiger partial charge in [-0.15, -0.1) is 0 Å². The van der Waals surface area contributed by atoms with Gasteiger partial charge < -0.3 is 10.4 Å². The van der Waals surface area contributed by atoms with E-state index in [0.29, 0.717) is 5.95 Å². The summed E-state index contributed by atoms with van der Waals surface area (Å²) in [5.41, 5.74) is 1.59. The van der Waals surface area contributed by atoms with Crippen LogP contribution in [0.2, 0.25) is 0 Å². The van der Waals surface area contributed by atoms with Crippen LogP contribution >= 0.6 is 0 Å². The Bertz CT molecular complexity index is 555. The molecule has 6 heteroatoms. The third kappa shape index (κ3) is 3.74. The Hall–Kier alpha value is -2.50. The van der Waals surface area contributed by atoms with Gasteiger partial charge in [-0.2, -0.15) is 0 Å². The Labute approximate surface area is 109 Å². The van der Waals surface area contributed by atoms with Crippen LogP contribution < -0.4 is 5.32 Å². The molecule has 1 aromatic carbocycles. The zero-order chi connectivity index (χ0) is 13.7. The first-order chi connectivity index (χ1) is 9.15. The summed E-state index contributed by atoms with van der Waals surface area (Å²) in [5.74, 6) is -0.806. The number of rotatable bonds is 5. The van der Waals surface area contributed by atoms with Crippen molar-refractivity contribution in [2.45, 2.75) is 6.42 Å². The van der Waals surface area contributed by atoms with E-state index in [1.54, 1.807) is 24.5 Å². The molecule has 1 aromatic heterocycles. The van der Waals surface area contributed by atoms with Gasteiger partial charge in [0.2, 0.25) is 5.95 Å². The average Bonchev–Trinajstić information content (AvgIpc) is 2.40. The molecule has 0 saturated carbocycles. The van der Waals surface area contributed by atoms with E-state index >= 15 is 0 Å². The number of halogens is 1. The second kappa shape index (κ2) is 5.90. The van der Waals surface area contributed by atoms with Gasteiger partial charge in [0.15, 0.2) is 0 Å². The van der Waals surface area contributed by atoms with E-state index in [2.05, 4.69) is 15.3 Å². The van der Waals surface area contributed by atoms with Crippen LogP contribution in [0.3, 0.4) is 0 Å². The third-order valence-corrected chi connectivity index (χ3v) is 2.45. The maximum absolute atomic E-state index is 12.8. The Balaban J connectivity index is 2.02. The number of carboxylic acid groups (broad SMARTS) is 1. The molecule has 0 fully saturated rings. The number of nitrogens with zero attached hydrogens (tertiary/aromatic N) is 2. The highest BCUT2D eigenvalue weighted by atomic mass is 19.1. The summed E-state index contributed by atoms with van der Waals surface area (Å²) in [6.07, 6.45) is 3.20. The molecule has 0 bridgehead atoms. The van der Waals surface area contributed by atoms with Crippen LogP contribution in [0.5, 0.6) is 0 Å². The SMILES string of the molecule is O=C(O)CCNc1ncc(-c2ccc(F)cc2)cn1. The Morgan fingerprint density at radius 1 is 1.16 bits per heavy atom. The molecule has 1 heterocycles. The highest BCUT2D eigenvalue weighted by Crippen LogP contribution is 2.18. The zero-order valence-corrected chi connectivity index (χ0v) is 10.0. The van der Waals surface area contributed by atoms with E-state index in [1.807, 2.05) is 0 Å². The Kier molecular flexibility index (Phi) is 4.02. The van der Waals surface area contributed by atoms with E-state index < -0.39 is 5.97 Å². The molecule has 2 N–H and O–H groups in total. The minimum atomic E-state index is -0.879. The molecule has 98 valence electrons. The average molecular weight is 261 g/mol. The van der Waals surface area contributed by atoms with Crippen molar-refractivity contribution in [1.82, 2.24) is 9.97 Å². The van der Waals surface area contributed by atoms with Crippen molar-refractivity contribution < 1.29 is 14.3 Å². The number of benzene rings is 1.